The van der Waals surface area contributed by atoms with Crippen LogP contribution in [0.25, 0.3) is 0 Å². The summed E-state index contributed by atoms with van der Waals surface area (Å²) in [5.74, 6) is 1.33. The second kappa shape index (κ2) is 14.3. The fourth-order valence-electron chi connectivity index (χ4n) is 3.09. The van der Waals surface area contributed by atoms with Crippen molar-refractivity contribution in [2.45, 2.75) is 65.0 Å². The van der Waals surface area contributed by atoms with Crippen molar-refractivity contribution in [3.05, 3.63) is 0 Å². The fourth-order valence-corrected chi connectivity index (χ4v) is 3.09. The molecule has 2 N–H and O–H groups in total. The van der Waals surface area contributed by atoms with Gasteiger partial charge in [0.05, 0.1) is 13.2 Å². The van der Waals surface area contributed by atoms with E-state index in [2.05, 4.69) is 15.6 Å². The van der Waals surface area contributed by atoms with Crippen molar-refractivity contribution in [2.24, 2.45) is 10.9 Å². The lowest BCUT2D eigenvalue weighted by Crippen LogP contribution is -2.45. The van der Waals surface area contributed by atoms with Crippen molar-refractivity contribution < 1.29 is 19.0 Å². The fraction of sp³-hybridized carbons (Fsp3) is 0.905. The van der Waals surface area contributed by atoms with Crippen LogP contribution in [0.5, 0.6) is 0 Å². The predicted molar refractivity (Wildman–Crippen MR) is 130 cm³/mol. The molecule has 176 valence electrons. The Morgan fingerprint density at radius 1 is 1.23 bits per heavy atom. The number of nitrogens with zero attached hydrogens (tertiary/aromatic N) is 2. The van der Waals surface area contributed by atoms with E-state index in [4.69, 9.17) is 14.2 Å². The van der Waals surface area contributed by atoms with E-state index in [-0.39, 0.29) is 30.1 Å². The SMILES string of the molecule is CCNC(=NCCCOCC1CCOC1)NCCN(C(=O)OC(C)(C)C)C1CC1.I. The van der Waals surface area contributed by atoms with Gasteiger partial charge >= 0.3 is 6.09 Å². The maximum Gasteiger partial charge on any atom is 0.410 e. The van der Waals surface area contributed by atoms with Crippen LogP contribution >= 0.6 is 24.0 Å². The standard InChI is InChI=1S/C21H40N4O4.HI/c1-5-22-19(23-10-6-13-27-15-17-9-14-28-16-17)24-11-12-25(18-7-8-18)20(26)29-21(2,3)4;/h17-18H,5-16H2,1-4H3,(H2,22,23,24);1H. The van der Waals surface area contributed by atoms with Gasteiger partial charge in [0.2, 0.25) is 0 Å². The third-order valence-electron chi connectivity index (χ3n) is 4.70. The highest BCUT2D eigenvalue weighted by Gasteiger charge is 2.34. The highest BCUT2D eigenvalue weighted by molar-refractivity contribution is 14.0. The van der Waals surface area contributed by atoms with Gasteiger partial charge in [0, 0.05) is 51.4 Å². The Labute approximate surface area is 198 Å². The molecule has 1 saturated heterocycles. The molecule has 2 aliphatic rings. The molecule has 0 radical (unpaired) electrons. The number of carbonyl (C=O) groups excluding carboxylic acids is 1. The van der Waals surface area contributed by atoms with Crippen LogP contribution in [-0.2, 0) is 14.2 Å². The highest BCUT2D eigenvalue weighted by atomic mass is 127. The van der Waals surface area contributed by atoms with E-state index in [0.717, 1.165) is 58.0 Å². The van der Waals surface area contributed by atoms with Gasteiger partial charge in [0.25, 0.3) is 0 Å². The van der Waals surface area contributed by atoms with Crippen LogP contribution in [0.3, 0.4) is 0 Å². The number of aliphatic imine (C=N–C) groups is 1. The normalized spacial score (nSPS) is 19.2. The minimum atomic E-state index is -0.471. The molecule has 2 fully saturated rings. The number of guanidine groups is 1. The van der Waals surface area contributed by atoms with E-state index >= 15 is 0 Å². The number of halogens is 1. The van der Waals surface area contributed by atoms with Gasteiger partial charge in [-0.1, -0.05) is 0 Å². The summed E-state index contributed by atoms with van der Waals surface area (Å²) in [6, 6.07) is 0.314. The summed E-state index contributed by atoms with van der Waals surface area (Å²) < 4.78 is 16.6. The van der Waals surface area contributed by atoms with E-state index in [1.54, 1.807) is 0 Å². The Morgan fingerprint density at radius 3 is 2.60 bits per heavy atom. The van der Waals surface area contributed by atoms with Gasteiger partial charge in [-0.25, -0.2) is 4.79 Å². The Bertz CT molecular complexity index is 518. The van der Waals surface area contributed by atoms with Crippen LogP contribution in [0.15, 0.2) is 4.99 Å². The molecule has 9 heteroatoms. The van der Waals surface area contributed by atoms with Gasteiger partial charge in [0.1, 0.15) is 5.60 Å². The lowest BCUT2D eigenvalue weighted by atomic mass is 10.1. The van der Waals surface area contributed by atoms with E-state index in [0.29, 0.717) is 38.2 Å². The van der Waals surface area contributed by atoms with E-state index in [1.807, 2.05) is 32.6 Å². The quantitative estimate of drug-likeness (QED) is 0.182. The van der Waals surface area contributed by atoms with Crippen molar-refractivity contribution in [3.63, 3.8) is 0 Å². The summed E-state index contributed by atoms with van der Waals surface area (Å²) in [5, 5.41) is 6.57. The zero-order chi connectivity index (χ0) is 21.1. The second-order valence-electron chi connectivity index (χ2n) is 8.75. The van der Waals surface area contributed by atoms with Gasteiger partial charge in [-0.05, 0) is 53.4 Å². The number of rotatable bonds is 11. The van der Waals surface area contributed by atoms with Gasteiger partial charge in [0.15, 0.2) is 5.96 Å². The van der Waals surface area contributed by atoms with Gasteiger partial charge in [-0.2, -0.15) is 0 Å². The molecule has 1 saturated carbocycles. The van der Waals surface area contributed by atoms with Gasteiger partial charge < -0.3 is 29.7 Å². The molecule has 0 aromatic heterocycles. The molecule has 0 spiro atoms. The average Bonchev–Trinajstić information content (AvgIpc) is 3.34. The van der Waals surface area contributed by atoms with Crippen LogP contribution < -0.4 is 10.6 Å². The maximum absolute atomic E-state index is 12.4. The van der Waals surface area contributed by atoms with Crippen molar-refractivity contribution in [1.29, 1.82) is 0 Å². The van der Waals surface area contributed by atoms with Gasteiger partial charge in [-0.15, -0.1) is 24.0 Å². The number of ether oxygens (including phenoxy) is 3. The third-order valence-corrected chi connectivity index (χ3v) is 4.70. The first-order chi connectivity index (χ1) is 13.9. The topological polar surface area (TPSA) is 84.4 Å². The molecule has 1 aliphatic carbocycles. The molecule has 1 amide bonds. The molecule has 0 aromatic rings. The molecule has 8 nitrogen and oxygen atoms in total. The van der Waals surface area contributed by atoms with Crippen molar-refractivity contribution in [2.75, 3.05) is 52.6 Å². The van der Waals surface area contributed by atoms with Crippen LogP contribution in [0.2, 0.25) is 0 Å². The summed E-state index contributed by atoms with van der Waals surface area (Å²) in [6.45, 7) is 13.7. The zero-order valence-corrected chi connectivity index (χ0v) is 21.4. The van der Waals surface area contributed by atoms with Crippen molar-refractivity contribution >= 4 is 36.0 Å². The van der Waals surface area contributed by atoms with E-state index in [1.165, 1.54) is 0 Å². The molecule has 0 aromatic carbocycles. The molecular weight excluding hydrogens is 499 g/mol. The summed E-state index contributed by atoms with van der Waals surface area (Å²) >= 11 is 0. The molecule has 1 atom stereocenters. The number of amides is 1. The molecule has 30 heavy (non-hydrogen) atoms. The largest absolute Gasteiger partial charge is 0.444 e. The Hall–Kier alpha value is -0.810. The van der Waals surface area contributed by atoms with Gasteiger partial charge in [-0.3, -0.25) is 4.99 Å². The van der Waals surface area contributed by atoms with Crippen LogP contribution in [0.4, 0.5) is 4.79 Å². The Balaban J connectivity index is 0.00000450. The Morgan fingerprint density at radius 2 is 2.00 bits per heavy atom. The summed E-state index contributed by atoms with van der Waals surface area (Å²) in [5.41, 5.74) is -0.471. The molecular formula is C21H41IN4O4. The third kappa shape index (κ3) is 11.5. The number of hydrogen-bond acceptors (Lipinski definition) is 5. The molecule has 1 unspecified atom stereocenters. The number of hydrogen-bond donors (Lipinski definition) is 2. The maximum atomic E-state index is 12.4. The molecule has 1 heterocycles. The molecule has 1 aliphatic heterocycles. The lowest BCUT2D eigenvalue weighted by Gasteiger charge is -2.27. The first-order valence-corrected chi connectivity index (χ1v) is 11.1. The number of carbonyl (C=O) groups is 1. The van der Waals surface area contributed by atoms with Crippen LogP contribution in [0, 0.1) is 5.92 Å². The second-order valence-corrected chi connectivity index (χ2v) is 8.75. The monoisotopic (exact) mass is 540 g/mol. The number of nitrogens with one attached hydrogen (secondary N) is 2. The first-order valence-electron chi connectivity index (χ1n) is 11.1. The highest BCUT2D eigenvalue weighted by Crippen LogP contribution is 2.28. The molecule has 0 bridgehead atoms. The summed E-state index contributed by atoms with van der Waals surface area (Å²) in [4.78, 5) is 18.9. The molecule has 2 rings (SSSR count). The van der Waals surface area contributed by atoms with Crippen LogP contribution in [-0.4, -0.2) is 81.2 Å². The summed E-state index contributed by atoms with van der Waals surface area (Å²) in [6.07, 6.45) is 3.87. The Kier molecular flexibility index (Phi) is 13.0. The van der Waals surface area contributed by atoms with E-state index < -0.39 is 5.60 Å². The van der Waals surface area contributed by atoms with Crippen LogP contribution in [0.1, 0.15) is 53.4 Å². The minimum Gasteiger partial charge on any atom is -0.444 e. The first kappa shape index (κ1) is 27.2. The average molecular weight is 540 g/mol. The van der Waals surface area contributed by atoms with Crippen molar-refractivity contribution in [3.8, 4) is 0 Å². The van der Waals surface area contributed by atoms with E-state index in [9.17, 15) is 4.79 Å². The summed E-state index contributed by atoms with van der Waals surface area (Å²) in [7, 11) is 0. The lowest BCUT2D eigenvalue weighted by molar-refractivity contribution is 0.0237. The minimum absolute atomic E-state index is 0. The zero-order valence-electron chi connectivity index (χ0n) is 19.1. The smallest absolute Gasteiger partial charge is 0.410 e. The van der Waals surface area contributed by atoms with Crippen molar-refractivity contribution in [1.82, 2.24) is 15.5 Å². The predicted octanol–water partition coefficient (Wildman–Crippen LogP) is 3.00.